The number of hydrazone groups is 1. The van der Waals surface area contributed by atoms with E-state index < -0.39 is 15.9 Å². The molecular formula is C27H24ClN3O3S2. The number of carbonyl (C=O) groups is 1. The highest BCUT2D eigenvalue weighted by molar-refractivity contribution is 7.92. The summed E-state index contributed by atoms with van der Waals surface area (Å²) in [7, 11) is -4.02. The van der Waals surface area contributed by atoms with Crippen LogP contribution in [0.1, 0.15) is 33.3 Å². The van der Waals surface area contributed by atoms with Crippen LogP contribution >= 0.6 is 22.9 Å². The van der Waals surface area contributed by atoms with E-state index in [1.54, 1.807) is 79.7 Å². The van der Waals surface area contributed by atoms with Crippen molar-refractivity contribution in [1.82, 2.24) is 5.43 Å². The van der Waals surface area contributed by atoms with Crippen molar-refractivity contribution in [2.24, 2.45) is 5.10 Å². The molecule has 0 saturated carbocycles. The number of hydrogen-bond donors (Lipinski definition) is 1. The van der Waals surface area contributed by atoms with Crippen LogP contribution in [-0.2, 0) is 16.6 Å². The quantitative estimate of drug-likeness (QED) is 0.213. The Hall–Kier alpha value is -3.46. The number of benzene rings is 3. The number of hydrogen-bond acceptors (Lipinski definition) is 5. The van der Waals surface area contributed by atoms with Crippen molar-refractivity contribution in [3.63, 3.8) is 0 Å². The molecule has 4 aromatic rings. The number of amides is 1. The van der Waals surface area contributed by atoms with E-state index in [1.165, 1.54) is 15.6 Å². The van der Waals surface area contributed by atoms with Gasteiger partial charge in [0.05, 0.1) is 28.4 Å². The van der Waals surface area contributed by atoms with Gasteiger partial charge in [-0.25, -0.2) is 13.8 Å². The van der Waals surface area contributed by atoms with Crippen LogP contribution in [0.4, 0.5) is 5.69 Å². The monoisotopic (exact) mass is 537 g/mol. The van der Waals surface area contributed by atoms with Crippen molar-refractivity contribution in [3.05, 3.63) is 117 Å². The molecule has 6 nitrogen and oxygen atoms in total. The fourth-order valence-electron chi connectivity index (χ4n) is 3.51. The lowest BCUT2D eigenvalue weighted by Crippen LogP contribution is -2.33. The Balaban J connectivity index is 1.75. The van der Waals surface area contributed by atoms with Gasteiger partial charge < -0.3 is 0 Å². The van der Waals surface area contributed by atoms with Crippen molar-refractivity contribution in [1.29, 1.82) is 0 Å². The van der Waals surface area contributed by atoms with Gasteiger partial charge in [0.1, 0.15) is 0 Å². The molecule has 9 heteroatoms. The number of rotatable bonds is 8. The van der Waals surface area contributed by atoms with Crippen LogP contribution in [0.15, 0.2) is 100 Å². The van der Waals surface area contributed by atoms with E-state index in [-0.39, 0.29) is 22.7 Å². The van der Waals surface area contributed by atoms with Crippen LogP contribution in [0, 0.1) is 6.92 Å². The molecule has 4 rings (SSSR count). The number of thiophene rings is 1. The highest BCUT2D eigenvalue weighted by Gasteiger charge is 2.28. The summed E-state index contributed by atoms with van der Waals surface area (Å²) < 4.78 is 28.9. The number of aryl methyl sites for hydroxylation is 1. The summed E-state index contributed by atoms with van der Waals surface area (Å²) >= 11 is 7.55. The van der Waals surface area contributed by atoms with Crippen molar-refractivity contribution in [2.45, 2.75) is 25.3 Å². The van der Waals surface area contributed by atoms with Crippen LogP contribution < -0.4 is 9.73 Å². The lowest BCUT2D eigenvalue weighted by molar-refractivity contribution is 0.0955. The average Bonchev–Trinajstić information content (AvgIpc) is 3.42. The van der Waals surface area contributed by atoms with E-state index in [0.717, 1.165) is 16.0 Å². The Bertz CT molecular complexity index is 1480. The molecule has 1 heterocycles. The van der Waals surface area contributed by atoms with Crippen molar-refractivity contribution in [2.75, 3.05) is 4.31 Å². The Morgan fingerprint density at radius 3 is 2.33 bits per heavy atom. The second-order valence-electron chi connectivity index (χ2n) is 8.08. The van der Waals surface area contributed by atoms with E-state index in [4.69, 9.17) is 11.6 Å². The summed E-state index contributed by atoms with van der Waals surface area (Å²) in [6.45, 7) is 3.70. The largest absolute Gasteiger partial charge is 0.273 e. The highest BCUT2D eigenvalue weighted by Crippen LogP contribution is 2.30. The zero-order valence-corrected chi connectivity index (χ0v) is 22.1. The van der Waals surface area contributed by atoms with E-state index in [0.29, 0.717) is 10.7 Å². The first-order valence-corrected chi connectivity index (χ1v) is 13.8. The first kappa shape index (κ1) is 25.6. The Kier molecular flexibility index (Phi) is 7.88. The standard InChI is InChI=1S/C27H24ClN3O3S2/c1-19-9-15-23(16-10-19)36(33,34)31(18-21-11-13-22(28)14-12-21)25-7-4-3-6-24(25)27(32)30-29-20(2)26-8-5-17-35-26/h3-17H,18H2,1-2H3,(H,30,32)/b29-20-. The average molecular weight is 538 g/mol. The highest BCUT2D eigenvalue weighted by atomic mass is 35.5. The van der Waals surface area contributed by atoms with Gasteiger partial charge in [0.25, 0.3) is 15.9 Å². The third kappa shape index (κ3) is 5.84. The summed E-state index contributed by atoms with van der Waals surface area (Å²) in [5, 5.41) is 6.69. The predicted octanol–water partition coefficient (Wildman–Crippen LogP) is 6.26. The molecule has 0 spiro atoms. The predicted molar refractivity (Wildman–Crippen MR) is 146 cm³/mol. The molecule has 0 bridgehead atoms. The molecule has 3 aromatic carbocycles. The lowest BCUT2D eigenvalue weighted by atomic mass is 10.1. The summed E-state index contributed by atoms with van der Waals surface area (Å²) in [4.78, 5) is 14.2. The normalized spacial score (nSPS) is 11.8. The minimum Gasteiger partial charge on any atom is -0.267 e. The number of sulfonamides is 1. The zero-order valence-electron chi connectivity index (χ0n) is 19.7. The van der Waals surface area contributed by atoms with Gasteiger partial charge in [0, 0.05) is 9.90 Å². The minimum absolute atomic E-state index is 0.00909. The number of para-hydroxylation sites is 1. The molecule has 0 fully saturated rings. The van der Waals surface area contributed by atoms with E-state index in [2.05, 4.69) is 10.5 Å². The third-order valence-electron chi connectivity index (χ3n) is 5.47. The molecule has 1 N–H and O–H groups in total. The van der Waals surface area contributed by atoms with Crippen LogP contribution in [0.5, 0.6) is 0 Å². The number of nitrogens with zero attached hydrogens (tertiary/aromatic N) is 2. The number of anilines is 1. The summed E-state index contributed by atoms with van der Waals surface area (Å²) in [6, 6.07) is 23.9. The van der Waals surface area contributed by atoms with Crippen LogP contribution in [0.2, 0.25) is 5.02 Å². The van der Waals surface area contributed by atoms with Gasteiger partial charge in [-0.3, -0.25) is 9.10 Å². The first-order valence-electron chi connectivity index (χ1n) is 11.1. The van der Waals surface area contributed by atoms with E-state index in [1.807, 2.05) is 24.4 Å². The van der Waals surface area contributed by atoms with Gasteiger partial charge in [-0.1, -0.05) is 59.6 Å². The molecule has 0 aliphatic rings. The van der Waals surface area contributed by atoms with Crippen molar-refractivity contribution < 1.29 is 13.2 Å². The molecule has 1 aromatic heterocycles. The molecule has 184 valence electrons. The Morgan fingerprint density at radius 1 is 0.972 bits per heavy atom. The third-order valence-corrected chi connectivity index (χ3v) is 8.47. The zero-order chi connectivity index (χ0) is 25.7. The molecule has 1 amide bonds. The second kappa shape index (κ2) is 11.1. The van der Waals surface area contributed by atoms with Gasteiger partial charge in [0.15, 0.2) is 0 Å². The number of carbonyl (C=O) groups excluding carboxylic acids is 1. The number of halogens is 1. The number of nitrogens with one attached hydrogen (secondary N) is 1. The van der Waals surface area contributed by atoms with Gasteiger partial charge >= 0.3 is 0 Å². The van der Waals surface area contributed by atoms with E-state index in [9.17, 15) is 13.2 Å². The second-order valence-corrected chi connectivity index (χ2v) is 11.3. The molecule has 0 radical (unpaired) electrons. The molecule has 36 heavy (non-hydrogen) atoms. The SMILES string of the molecule is C/C(=N/NC(=O)c1ccccc1N(Cc1ccc(Cl)cc1)S(=O)(=O)c1ccc(C)cc1)c1cccs1. The molecule has 0 unspecified atom stereocenters. The van der Waals surface area contributed by atoms with Gasteiger partial charge in [-0.15, -0.1) is 11.3 Å². The first-order chi connectivity index (χ1) is 17.3. The van der Waals surface area contributed by atoms with Crippen LogP contribution in [-0.4, -0.2) is 20.0 Å². The molecule has 0 atom stereocenters. The van der Waals surface area contributed by atoms with Gasteiger partial charge in [0.2, 0.25) is 0 Å². The fourth-order valence-corrected chi connectivity index (χ4v) is 5.79. The van der Waals surface area contributed by atoms with Crippen LogP contribution in [0.25, 0.3) is 0 Å². The summed E-state index contributed by atoms with van der Waals surface area (Å²) in [5.41, 5.74) is 5.31. The molecule has 0 aliphatic heterocycles. The lowest BCUT2D eigenvalue weighted by Gasteiger charge is -2.26. The maximum absolute atomic E-state index is 13.9. The topological polar surface area (TPSA) is 78.8 Å². The maximum Gasteiger partial charge on any atom is 0.273 e. The smallest absolute Gasteiger partial charge is 0.267 e. The van der Waals surface area contributed by atoms with Crippen LogP contribution in [0.3, 0.4) is 0 Å². The Labute approximate surface area is 219 Å². The Morgan fingerprint density at radius 2 is 1.67 bits per heavy atom. The van der Waals surface area contributed by atoms with Gasteiger partial charge in [-0.2, -0.15) is 5.10 Å². The van der Waals surface area contributed by atoms with Crippen molar-refractivity contribution >= 4 is 50.3 Å². The molecular weight excluding hydrogens is 514 g/mol. The minimum atomic E-state index is -4.02. The summed E-state index contributed by atoms with van der Waals surface area (Å²) in [6.07, 6.45) is 0. The van der Waals surface area contributed by atoms with Crippen molar-refractivity contribution in [3.8, 4) is 0 Å². The molecule has 0 aliphatic carbocycles. The van der Waals surface area contributed by atoms with E-state index >= 15 is 0 Å². The maximum atomic E-state index is 13.9. The van der Waals surface area contributed by atoms with Gasteiger partial charge in [-0.05, 0) is 67.3 Å². The fraction of sp³-hybridized carbons (Fsp3) is 0.111. The summed E-state index contributed by atoms with van der Waals surface area (Å²) in [5.74, 6) is -0.512. The molecule has 0 saturated heterocycles.